The first kappa shape index (κ1) is 20.7. The van der Waals surface area contributed by atoms with E-state index in [4.69, 9.17) is 0 Å². The van der Waals surface area contributed by atoms with Crippen LogP contribution in [0.15, 0.2) is 53.9 Å². The number of amides is 2. The van der Waals surface area contributed by atoms with E-state index in [1.54, 1.807) is 0 Å². The minimum absolute atomic E-state index is 0.0170. The van der Waals surface area contributed by atoms with Crippen LogP contribution in [0.5, 0.6) is 0 Å². The molecule has 0 bridgehead atoms. The van der Waals surface area contributed by atoms with Gasteiger partial charge in [0, 0.05) is 28.7 Å². The van der Waals surface area contributed by atoms with Gasteiger partial charge in [0.2, 0.25) is 11.8 Å². The van der Waals surface area contributed by atoms with E-state index < -0.39 is 0 Å². The lowest BCUT2D eigenvalue weighted by atomic mass is 10.1. The number of aryl methyl sites for hydroxylation is 1. The van der Waals surface area contributed by atoms with Crippen LogP contribution in [0, 0.1) is 12.8 Å². The third-order valence-corrected chi connectivity index (χ3v) is 5.07. The number of benzene rings is 2. The first-order chi connectivity index (χ1) is 13.9. The Kier molecular flexibility index (Phi) is 6.77. The molecular weight excluding hydrogens is 382 g/mol. The Labute approximate surface area is 175 Å². The maximum Gasteiger partial charge on any atom is 0.231 e. The van der Waals surface area contributed by atoms with Gasteiger partial charge >= 0.3 is 0 Å². The van der Waals surface area contributed by atoms with E-state index in [0.717, 1.165) is 33.2 Å². The SMILES string of the molecule is Cc1cccc(NC(=O)Cc2nc(-c3ccc(NC(=O)CC(C)C)cc3)cs2)c1. The van der Waals surface area contributed by atoms with Gasteiger partial charge in [-0.2, -0.15) is 0 Å². The Balaban J connectivity index is 1.59. The fourth-order valence-electron chi connectivity index (χ4n) is 2.90. The monoisotopic (exact) mass is 407 g/mol. The molecule has 29 heavy (non-hydrogen) atoms. The molecule has 3 aromatic rings. The number of carbonyl (C=O) groups excluding carboxylic acids is 2. The van der Waals surface area contributed by atoms with Crippen LogP contribution >= 0.6 is 11.3 Å². The van der Waals surface area contributed by atoms with Gasteiger partial charge in [0.1, 0.15) is 5.01 Å². The third kappa shape index (κ3) is 6.26. The number of nitrogens with one attached hydrogen (secondary N) is 2. The van der Waals surface area contributed by atoms with Gasteiger partial charge in [-0.05, 0) is 42.7 Å². The number of hydrogen-bond acceptors (Lipinski definition) is 4. The molecule has 0 unspecified atom stereocenters. The van der Waals surface area contributed by atoms with Gasteiger partial charge in [-0.15, -0.1) is 11.3 Å². The Morgan fingerprint density at radius 3 is 2.41 bits per heavy atom. The normalized spacial score (nSPS) is 10.8. The average molecular weight is 408 g/mol. The standard InChI is InChI=1S/C23H25N3O2S/c1-15(2)11-21(27)24-18-9-7-17(8-10-18)20-14-29-23(26-20)13-22(28)25-19-6-4-5-16(3)12-19/h4-10,12,14-15H,11,13H2,1-3H3,(H,24,27)(H,25,28). The summed E-state index contributed by atoms with van der Waals surface area (Å²) in [5.74, 6) is 0.258. The Hall–Kier alpha value is -2.99. The Bertz CT molecular complexity index is 993. The number of aromatic nitrogens is 1. The van der Waals surface area contributed by atoms with Crippen molar-refractivity contribution in [2.75, 3.05) is 10.6 Å². The van der Waals surface area contributed by atoms with E-state index in [1.807, 2.05) is 74.7 Å². The molecule has 5 nitrogen and oxygen atoms in total. The van der Waals surface area contributed by atoms with Gasteiger partial charge in [-0.25, -0.2) is 4.98 Å². The van der Waals surface area contributed by atoms with E-state index in [1.165, 1.54) is 11.3 Å². The largest absolute Gasteiger partial charge is 0.326 e. The average Bonchev–Trinajstić information content (AvgIpc) is 3.10. The van der Waals surface area contributed by atoms with Gasteiger partial charge < -0.3 is 10.6 Å². The van der Waals surface area contributed by atoms with Crippen LogP contribution in [0.25, 0.3) is 11.3 Å². The maximum absolute atomic E-state index is 12.3. The molecule has 0 radical (unpaired) electrons. The van der Waals surface area contributed by atoms with Crippen LogP contribution in [0.2, 0.25) is 0 Å². The number of carbonyl (C=O) groups is 2. The van der Waals surface area contributed by atoms with Crippen molar-refractivity contribution in [3.63, 3.8) is 0 Å². The number of nitrogens with zero attached hydrogens (tertiary/aromatic N) is 1. The quantitative estimate of drug-likeness (QED) is 0.559. The van der Waals surface area contributed by atoms with Crippen LogP contribution in [0.1, 0.15) is 30.8 Å². The molecule has 2 aromatic carbocycles. The highest BCUT2D eigenvalue weighted by Gasteiger charge is 2.10. The predicted molar refractivity (Wildman–Crippen MR) is 119 cm³/mol. The number of hydrogen-bond donors (Lipinski definition) is 2. The first-order valence-electron chi connectivity index (χ1n) is 9.60. The molecule has 0 saturated heterocycles. The summed E-state index contributed by atoms with van der Waals surface area (Å²) in [4.78, 5) is 28.7. The summed E-state index contributed by atoms with van der Waals surface area (Å²) < 4.78 is 0. The zero-order chi connectivity index (χ0) is 20.8. The topological polar surface area (TPSA) is 71.1 Å². The van der Waals surface area contributed by atoms with Crippen LogP contribution in [-0.4, -0.2) is 16.8 Å². The molecule has 3 rings (SSSR count). The van der Waals surface area contributed by atoms with E-state index in [9.17, 15) is 9.59 Å². The van der Waals surface area contributed by atoms with Crippen LogP contribution in [0.3, 0.4) is 0 Å². The molecule has 0 saturated carbocycles. The molecule has 0 spiro atoms. The molecule has 1 heterocycles. The minimum atomic E-state index is -0.0836. The second-order valence-corrected chi connectivity index (χ2v) is 8.39. The van der Waals surface area contributed by atoms with Gasteiger partial charge in [0.25, 0.3) is 0 Å². The van der Waals surface area contributed by atoms with Gasteiger partial charge in [-0.1, -0.05) is 38.1 Å². The van der Waals surface area contributed by atoms with E-state index in [0.29, 0.717) is 12.3 Å². The van der Waals surface area contributed by atoms with Crippen molar-refractivity contribution >= 4 is 34.5 Å². The minimum Gasteiger partial charge on any atom is -0.326 e. The highest BCUT2D eigenvalue weighted by Crippen LogP contribution is 2.24. The van der Waals surface area contributed by atoms with Crippen molar-refractivity contribution in [2.45, 2.75) is 33.6 Å². The molecular formula is C23H25N3O2S. The lowest BCUT2D eigenvalue weighted by molar-refractivity contribution is -0.117. The Morgan fingerprint density at radius 2 is 1.72 bits per heavy atom. The zero-order valence-electron chi connectivity index (χ0n) is 16.9. The highest BCUT2D eigenvalue weighted by molar-refractivity contribution is 7.10. The summed E-state index contributed by atoms with van der Waals surface area (Å²) in [6.45, 7) is 6.02. The summed E-state index contributed by atoms with van der Waals surface area (Å²) in [6, 6.07) is 15.3. The predicted octanol–water partition coefficient (Wildman–Crippen LogP) is 5.28. The lowest BCUT2D eigenvalue weighted by Crippen LogP contribution is -2.14. The zero-order valence-corrected chi connectivity index (χ0v) is 17.7. The fourth-order valence-corrected chi connectivity index (χ4v) is 3.70. The summed E-state index contributed by atoms with van der Waals surface area (Å²) >= 11 is 1.47. The van der Waals surface area contributed by atoms with Crippen molar-refractivity contribution in [1.82, 2.24) is 4.98 Å². The third-order valence-electron chi connectivity index (χ3n) is 4.22. The van der Waals surface area contributed by atoms with Crippen LogP contribution < -0.4 is 10.6 Å². The van der Waals surface area contributed by atoms with E-state index in [-0.39, 0.29) is 18.2 Å². The number of anilines is 2. The van der Waals surface area contributed by atoms with Crippen molar-refractivity contribution in [1.29, 1.82) is 0 Å². The molecule has 0 fully saturated rings. The summed E-state index contributed by atoms with van der Waals surface area (Å²) in [6.07, 6.45) is 0.740. The van der Waals surface area contributed by atoms with Crippen molar-refractivity contribution in [2.24, 2.45) is 5.92 Å². The van der Waals surface area contributed by atoms with Crippen LogP contribution in [-0.2, 0) is 16.0 Å². The van der Waals surface area contributed by atoms with Crippen LogP contribution in [0.4, 0.5) is 11.4 Å². The van der Waals surface area contributed by atoms with Gasteiger partial charge in [0.15, 0.2) is 0 Å². The number of rotatable bonds is 7. The second kappa shape index (κ2) is 9.47. The van der Waals surface area contributed by atoms with Crippen molar-refractivity contribution in [3.8, 4) is 11.3 Å². The molecule has 0 aliphatic heterocycles. The maximum atomic E-state index is 12.3. The fraction of sp³-hybridized carbons (Fsp3) is 0.261. The summed E-state index contributed by atoms with van der Waals surface area (Å²) in [5.41, 5.74) is 4.44. The second-order valence-electron chi connectivity index (χ2n) is 7.44. The van der Waals surface area contributed by atoms with E-state index >= 15 is 0 Å². The van der Waals surface area contributed by atoms with Crippen molar-refractivity contribution < 1.29 is 9.59 Å². The smallest absolute Gasteiger partial charge is 0.231 e. The molecule has 2 amide bonds. The molecule has 0 atom stereocenters. The van der Waals surface area contributed by atoms with E-state index in [2.05, 4.69) is 15.6 Å². The molecule has 150 valence electrons. The molecule has 0 aliphatic rings. The lowest BCUT2D eigenvalue weighted by Gasteiger charge is -2.07. The first-order valence-corrected chi connectivity index (χ1v) is 10.5. The highest BCUT2D eigenvalue weighted by atomic mass is 32.1. The van der Waals surface area contributed by atoms with Gasteiger partial charge in [0.05, 0.1) is 12.1 Å². The summed E-state index contributed by atoms with van der Waals surface area (Å²) in [5, 5.41) is 8.52. The summed E-state index contributed by atoms with van der Waals surface area (Å²) in [7, 11) is 0. The molecule has 0 aliphatic carbocycles. The Morgan fingerprint density at radius 1 is 1.00 bits per heavy atom. The number of thiazole rings is 1. The molecule has 6 heteroatoms. The molecule has 2 N–H and O–H groups in total. The molecule has 1 aromatic heterocycles. The van der Waals surface area contributed by atoms with Gasteiger partial charge in [-0.3, -0.25) is 9.59 Å². The van der Waals surface area contributed by atoms with Crippen molar-refractivity contribution in [3.05, 3.63) is 64.5 Å².